The number of hydroxylamine groups is 1. The van der Waals surface area contributed by atoms with Crippen LogP contribution in [0.2, 0.25) is 0 Å². The summed E-state index contributed by atoms with van der Waals surface area (Å²) >= 11 is 5.46. The second kappa shape index (κ2) is 10.5. The number of benzene rings is 1. The van der Waals surface area contributed by atoms with Crippen molar-refractivity contribution in [1.82, 2.24) is 14.1 Å². The van der Waals surface area contributed by atoms with Gasteiger partial charge in [-0.15, -0.1) is 0 Å². The monoisotopic (exact) mass is 385 g/mol. The molecule has 0 spiro atoms. The van der Waals surface area contributed by atoms with Crippen molar-refractivity contribution in [2.24, 2.45) is 0 Å². The summed E-state index contributed by atoms with van der Waals surface area (Å²) in [5, 5.41) is 0. The van der Waals surface area contributed by atoms with Gasteiger partial charge in [-0.05, 0) is 26.0 Å². The topological polar surface area (TPSA) is 88.2 Å². The number of rotatable bonds is 6. The third-order valence-corrected chi connectivity index (χ3v) is 3.55. The number of nitrogens with one attached hydrogen (secondary N) is 1. The van der Waals surface area contributed by atoms with Crippen molar-refractivity contribution < 1.29 is 24.0 Å². The van der Waals surface area contributed by atoms with E-state index in [0.29, 0.717) is 5.56 Å². The Morgan fingerprint density at radius 1 is 1.24 bits per heavy atom. The first kappa shape index (κ1) is 20.7. The van der Waals surface area contributed by atoms with Gasteiger partial charge in [-0.1, -0.05) is 30.4 Å². The van der Waals surface area contributed by atoms with Gasteiger partial charge in [0.1, 0.15) is 11.5 Å². The van der Waals surface area contributed by atoms with Crippen LogP contribution in [0.25, 0.3) is 0 Å². The standard InChI is InChI=1S/C15H19N3O5S2/c1-4-22-13(19)10-18(14(20)12-8-6-5-7-9-12)25-17(3)15(21)23-16-11(2)24/h5-9H,4,10H2,1-3H3,(H,16,24). The molecule has 0 fully saturated rings. The third kappa shape index (κ3) is 7.40. The summed E-state index contributed by atoms with van der Waals surface area (Å²) in [7, 11) is 1.39. The van der Waals surface area contributed by atoms with Crippen LogP contribution >= 0.6 is 24.4 Å². The van der Waals surface area contributed by atoms with Gasteiger partial charge in [-0.25, -0.2) is 14.6 Å². The molecule has 0 saturated carbocycles. The number of thiocarbonyl (C=S) groups is 1. The third-order valence-electron chi connectivity index (χ3n) is 2.59. The molecule has 0 atom stereocenters. The molecule has 0 aliphatic rings. The number of hydrogen-bond acceptors (Lipinski definition) is 7. The Morgan fingerprint density at radius 3 is 2.44 bits per heavy atom. The zero-order chi connectivity index (χ0) is 18.8. The molecule has 0 aliphatic carbocycles. The molecule has 0 aromatic heterocycles. The lowest BCUT2D eigenvalue weighted by atomic mass is 10.2. The number of amides is 2. The summed E-state index contributed by atoms with van der Waals surface area (Å²) in [6, 6.07) is 8.38. The van der Waals surface area contributed by atoms with Gasteiger partial charge < -0.3 is 9.57 Å². The zero-order valence-corrected chi connectivity index (χ0v) is 15.7. The molecule has 1 rings (SSSR count). The van der Waals surface area contributed by atoms with Crippen molar-refractivity contribution in [3.05, 3.63) is 35.9 Å². The number of carbonyl (C=O) groups excluding carboxylic acids is 3. The van der Waals surface area contributed by atoms with E-state index in [1.54, 1.807) is 44.2 Å². The van der Waals surface area contributed by atoms with Gasteiger partial charge in [0.15, 0.2) is 0 Å². The van der Waals surface area contributed by atoms with Crippen LogP contribution < -0.4 is 5.48 Å². The van der Waals surface area contributed by atoms with Crippen LogP contribution in [-0.2, 0) is 14.4 Å². The predicted molar refractivity (Wildman–Crippen MR) is 97.4 cm³/mol. The van der Waals surface area contributed by atoms with E-state index in [2.05, 4.69) is 5.48 Å². The zero-order valence-electron chi connectivity index (χ0n) is 14.1. The first-order valence-corrected chi connectivity index (χ1v) is 8.40. The summed E-state index contributed by atoms with van der Waals surface area (Å²) in [4.78, 5) is 41.2. The molecule has 1 aromatic carbocycles. The highest BCUT2D eigenvalue weighted by Gasteiger charge is 2.25. The van der Waals surface area contributed by atoms with Crippen LogP contribution in [0.3, 0.4) is 0 Å². The Labute approximate surface area is 155 Å². The fourth-order valence-corrected chi connectivity index (χ4v) is 2.33. The molecular formula is C15H19N3O5S2. The smallest absolute Gasteiger partial charge is 0.445 e. The van der Waals surface area contributed by atoms with Gasteiger partial charge in [0.05, 0.1) is 18.7 Å². The van der Waals surface area contributed by atoms with Gasteiger partial charge in [0.2, 0.25) is 0 Å². The molecule has 0 bridgehead atoms. The van der Waals surface area contributed by atoms with E-state index in [-0.39, 0.29) is 18.1 Å². The van der Waals surface area contributed by atoms with Gasteiger partial charge in [-0.3, -0.25) is 13.9 Å². The Balaban J connectivity index is 2.83. The van der Waals surface area contributed by atoms with Crippen LogP contribution in [0, 0.1) is 0 Å². The van der Waals surface area contributed by atoms with Gasteiger partial charge in [0, 0.05) is 12.6 Å². The molecule has 10 heteroatoms. The van der Waals surface area contributed by atoms with Crippen molar-refractivity contribution in [1.29, 1.82) is 0 Å². The van der Waals surface area contributed by atoms with Crippen LogP contribution in [0.5, 0.6) is 0 Å². The highest BCUT2D eigenvalue weighted by molar-refractivity contribution is 7.95. The second-order valence-corrected chi connectivity index (χ2v) is 6.38. The van der Waals surface area contributed by atoms with Crippen molar-refractivity contribution >= 4 is 47.3 Å². The minimum Gasteiger partial charge on any atom is -0.465 e. The molecule has 1 aromatic rings. The van der Waals surface area contributed by atoms with Gasteiger partial charge in [-0.2, -0.15) is 0 Å². The van der Waals surface area contributed by atoms with E-state index in [1.165, 1.54) is 7.05 Å². The first-order valence-electron chi connectivity index (χ1n) is 7.26. The number of nitrogens with zero attached hydrogens (tertiary/aromatic N) is 2. The lowest BCUT2D eigenvalue weighted by molar-refractivity contribution is -0.142. The number of ether oxygens (including phenoxy) is 1. The minimum absolute atomic E-state index is 0.187. The Morgan fingerprint density at radius 2 is 1.88 bits per heavy atom. The Hall–Kier alpha value is -2.33. The van der Waals surface area contributed by atoms with E-state index in [9.17, 15) is 14.4 Å². The lowest BCUT2D eigenvalue weighted by Gasteiger charge is -2.24. The molecule has 25 heavy (non-hydrogen) atoms. The van der Waals surface area contributed by atoms with Crippen molar-refractivity contribution in [2.75, 3.05) is 20.2 Å². The van der Waals surface area contributed by atoms with E-state index in [1.807, 2.05) is 0 Å². The van der Waals surface area contributed by atoms with E-state index < -0.39 is 18.0 Å². The van der Waals surface area contributed by atoms with E-state index >= 15 is 0 Å². The summed E-state index contributed by atoms with van der Waals surface area (Å²) in [6.07, 6.45) is -0.788. The summed E-state index contributed by atoms with van der Waals surface area (Å²) in [5.41, 5.74) is 2.62. The summed E-state index contributed by atoms with van der Waals surface area (Å²) in [6.45, 7) is 3.06. The maximum Gasteiger partial charge on any atom is 0.445 e. The molecule has 136 valence electrons. The normalized spacial score (nSPS) is 9.72. The molecule has 1 N–H and O–H groups in total. The highest BCUT2D eigenvalue weighted by Crippen LogP contribution is 2.19. The Bertz CT molecular complexity index is 627. The summed E-state index contributed by atoms with van der Waals surface area (Å²) in [5.74, 6) is -1.04. The highest BCUT2D eigenvalue weighted by atomic mass is 32.2. The average molecular weight is 385 g/mol. The quantitative estimate of drug-likeness (QED) is 0.345. The van der Waals surface area contributed by atoms with E-state index in [0.717, 1.165) is 20.7 Å². The predicted octanol–water partition coefficient (Wildman–Crippen LogP) is 2.18. The maximum absolute atomic E-state index is 12.6. The number of carbonyl (C=O) groups is 3. The first-order chi connectivity index (χ1) is 11.8. The van der Waals surface area contributed by atoms with Crippen LogP contribution in [0.1, 0.15) is 24.2 Å². The van der Waals surface area contributed by atoms with E-state index in [4.69, 9.17) is 21.8 Å². The minimum atomic E-state index is -0.788. The molecule has 0 saturated heterocycles. The number of hydrogen-bond donors (Lipinski definition) is 1. The maximum atomic E-state index is 12.6. The second-order valence-electron chi connectivity index (χ2n) is 4.62. The Kier molecular flexibility index (Phi) is 8.71. The molecule has 0 aliphatic heterocycles. The van der Waals surface area contributed by atoms with Crippen molar-refractivity contribution in [2.45, 2.75) is 13.8 Å². The largest absolute Gasteiger partial charge is 0.465 e. The molecule has 0 radical (unpaired) electrons. The molecule has 0 heterocycles. The summed E-state index contributed by atoms with van der Waals surface area (Å²) < 4.78 is 7.03. The van der Waals surface area contributed by atoms with Crippen LogP contribution in [0.15, 0.2) is 30.3 Å². The molecular weight excluding hydrogens is 366 g/mol. The fourth-order valence-electron chi connectivity index (χ4n) is 1.55. The SMILES string of the molecule is CCOC(=O)CN(SN(C)C(=O)ONC(C)=S)C(=O)c1ccccc1. The van der Waals surface area contributed by atoms with Crippen LogP contribution in [-0.4, -0.2) is 51.8 Å². The van der Waals surface area contributed by atoms with Crippen molar-refractivity contribution in [3.8, 4) is 0 Å². The number of esters is 1. The van der Waals surface area contributed by atoms with Gasteiger partial charge in [0.25, 0.3) is 5.91 Å². The average Bonchev–Trinajstić information content (AvgIpc) is 2.59. The molecule has 2 amide bonds. The molecule has 8 nitrogen and oxygen atoms in total. The lowest BCUT2D eigenvalue weighted by Crippen LogP contribution is -2.37. The molecule has 0 unspecified atom stereocenters. The van der Waals surface area contributed by atoms with Crippen molar-refractivity contribution in [3.63, 3.8) is 0 Å². The fraction of sp³-hybridized carbons (Fsp3) is 0.333. The van der Waals surface area contributed by atoms with Crippen LogP contribution in [0.4, 0.5) is 4.79 Å². The van der Waals surface area contributed by atoms with Gasteiger partial charge >= 0.3 is 12.1 Å².